The summed E-state index contributed by atoms with van der Waals surface area (Å²) in [6.07, 6.45) is -4.73. The first-order chi connectivity index (χ1) is 16.4. The summed E-state index contributed by atoms with van der Waals surface area (Å²) in [6, 6.07) is 0.742. The lowest BCUT2D eigenvalue weighted by Gasteiger charge is -2.35. The van der Waals surface area contributed by atoms with Gasteiger partial charge in [-0.3, -0.25) is 9.59 Å². The highest BCUT2D eigenvalue weighted by molar-refractivity contribution is 5.92. The highest BCUT2D eigenvalue weighted by atomic mass is 19.4. The molecule has 1 atom stereocenters. The average molecular weight is 504 g/mol. The number of nitrogens with zero attached hydrogens (tertiary/aromatic N) is 2. The van der Waals surface area contributed by atoms with E-state index in [4.69, 9.17) is 14.6 Å². The maximum absolute atomic E-state index is 15.4. The summed E-state index contributed by atoms with van der Waals surface area (Å²) in [4.78, 5) is 37.1. The summed E-state index contributed by atoms with van der Waals surface area (Å²) in [7, 11) is 1.13. The average Bonchev–Trinajstić information content (AvgIpc) is 2.75. The molecule has 1 saturated heterocycles. The molecule has 0 unspecified atom stereocenters. The van der Waals surface area contributed by atoms with Crippen LogP contribution in [0.3, 0.4) is 0 Å². The molecule has 1 aromatic carbocycles. The first-order valence-corrected chi connectivity index (χ1v) is 10.8. The second-order valence-corrected chi connectivity index (χ2v) is 8.03. The molecule has 2 aromatic rings. The lowest BCUT2D eigenvalue weighted by molar-refractivity contribution is -0.144. The number of esters is 1. The van der Waals surface area contributed by atoms with Gasteiger partial charge in [0, 0.05) is 13.1 Å². The number of alkyl halides is 3. The number of carboxylic acid groups (broad SMARTS) is 1. The van der Waals surface area contributed by atoms with Crippen molar-refractivity contribution < 1.29 is 46.5 Å². The van der Waals surface area contributed by atoms with Crippen LogP contribution in [-0.4, -0.2) is 54.8 Å². The summed E-state index contributed by atoms with van der Waals surface area (Å²) >= 11 is 0. The first-order valence-electron chi connectivity index (χ1n) is 10.8. The summed E-state index contributed by atoms with van der Waals surface area (Å²) in [5, 5.41) is 8.31. The van der Waals surface area contributed by atoms with E-state index >= 15 is 4.39 Å². The summed E-state index contributed by atoms with van der Waals surface area (Å²) in [5.41, 5.74) is -1.63. The zero-order valence-electron chi connectivity index (χ0n) is 19.0. The van der Waals surface area contributed by atoms with Gasteiger partial charge < -0.3 is 28.8 Å². The van der Waals surface area contributed by atoms with E-state index < -0.39 is 47.2 Å². The largest absolute Gasteiger partial charge is 0.511 e. The number of halogens is 4. The smallest absolute Gasteiger partial charge is 0.492 e. The number of aromatic nitrogens is 1. The van der Waals surface area contributed by atoms with Crippen LogP contribution in [-0.2, 0) is 16.1 Å². The second kappa shape index (κ2) is 10.4. The van der Waals surface area contributed by atoms with Gasteiger partial charge in [0.15, 0.2) is 17.3 Å². The Balaban J connectivity index is 2.17. The molecule has 1 N–H and O–H groups in total. The van der Waals surface area contributed by atoms with E-state index in [1.165, 1.54) is 0 Å². The molecular weight excluding hydrogens is 480 g/mol. The Morgan fingerprint density at radius 2 is 2.00 bits per heavy atom. The van der Waals surface area contributed by atoms with Crippen LogP contribution >= 0.6 is 0 Å². The Hall–Kier alpha value is -3.51. The standard InChI is InChI=1S/C22H24F4N2O7/c1-3-34-16(29)7-12-5-4-6-27(9-12)18-14(23)8-13-17(20(18)33-2)28(11-22(24,25)26)10-15(19(13)30)35-21(31)32/h8,10,12H,3-7,9,11H2,1-2H3,(H,31,32)/t12-/m1/s1. The fraction of sp³-hybridized carbons (Fsp3) is 0.500. The van der Waals surface area contributed by atoms with Gasteiger partial charge in [-0.15, -0.1) is 0 Å². The third kappa shape index (κ3) is 5.95. The van der Waals surface area contributed by atoms with Gasteiger partial charge >= 0.3 is 18.3 Å². The molecule has 1 aromatic heterocycles. The van der Waals surface area contributed by atoms with E-state index in [1.54, 1.807) is 11.8 Å². The van der Waals surface area contributed by atoms with Crippen molar-refractivity contribution >= 4 is 28.7 Å². The molecule has 0 radical (unpaired) electrons. The molecule has 13 heteroatoms. The van der Waals surface area contributed by atoms with Crippen molar-refractivity contribution in [1.29, 1.82) is 0 Å². The molecule has 1 fully saturated rings. The number of hydrogen-bond acceptors (Lipinski definition) is 7. The normalized spacial score (nSPS) is 16.3. The Morgan fingerprint density at radius 1 is 1.29 bits per heavy atom. The van der Waals surface area contributed by atoms with E-state index in [9.17, 15) is 27.6 Å². The molecule has 3 rings (SSSR count). The molecule has 9 nitrogen and oxygen atoms in total. The van der Waals surface area contributed by atoms with Crippen molar-refractivity contribution in [1.82, 2.24) is 4.57 Å². The van der Waals surface area contributed by atoms with Crippen LogP contribution in [0.4, 0.5) is 28.0 Å². The molecule has 0 amide bonds. The maximum atomic E-state index is 15.4. The molecule has 0 saturated carbocycles. The molecule has 192 valence electrons. The van der Waals surface area contributed by atoms with Gasteiger partial charge in [0.25, 0.3) is 0 Å². The van der Waals surface area contributed by atoms with E-state index in [0.717, 1.165) is 13.2 Å². The number of benzene rings is 1. The number of hydrogen-bond donors (Lipinski definition) is 1. The highest BCUT2D eigenvalue weighted by Gasteiger charge is 2.33. The minimum absolute atomic E-state index is 0.0938. The van der Waals surface area contributed by atoms with Gasteiger partial charge in [-0.25, -0.2) is 9.18 Å². The lowest BCUT2D eigenvalue weighted by atomic mass is 9.94. The Labute approximate surface area is 196 Å². The van der Waals surface area contributed by atoms with Crippen LogP contribution in [0.1, 0.15) is 26.2 Å². The Bertz CT molecular complexity index is 1180. The van der Waals surface area contributed by atoms with E-state index in [-0.39, 0.29) is 42.4 Å². The van der Waals surface area contributed by atoms with Crippen molar-refractivity contribution in [3.05, 3.63) is 28.3 Å². The molecule has 0 spiro atoms. The molecule has 0 aliphatic carbocycles. The second-order valence-electron chi connectivity index (χ2n) is 8.03. The van der Waals surface area contributed by atoms with Crippen LogP contribution in [0, 0.1) is 11.7 Å². The van der Waals surface area contributed by atoms with E-state index in [0.29, 0.717) is 30.2 Å². The van der Waals surface area contributed by atoms with Crippen LogP contribution < -0.4 is 19.8 Å². The number of carbonyl (C=O) groups is 2. The van der Waals surface area contributed by atoms with Crippen LogP contribution in [0.5, 0.6) is 11.5 Å². The molecule has 1 aliphatic heterocycles. The minimum Gasteiger partial charge on any atom is -0.492 e. The molecule has 1 aliphatic rings. The van der Waals surface area contributed by atoms with Gasteiger partial charge in [0.1, 0.15) is 12.2 Å². The van der Waals surface area contributed by atoms with Gasteiger partial charge in [-0.05, 0) is 31.7 Å². The maximum Gasteiger partial charge on any atom is 0.511 e. The van der Waals surface area contributed by atoms with Crippen molar-refractivity contribution in [2.75, 3.05) is 31.7 Å². The van der Waals surface area contributed by atoms with Crippen LogP contribution in [0.15, 0.2) is 17.1 Å². The fourth-order valence-corrected chi connectivity index (χ4v) is 4.33. The molecule has 0 bridgehead atoms. The Morgan fingerprint density at radius 3 is 2.60 bits per heavy atom. The SMILES string of the molecule is CCOC(=O)C[C@H]1CCCN(c2c(F)cc3c(=O)c(OC(=O)O)cn(CC(F)(F)F)c3c2OC)C1. The minimum atomic E-state index is -4.77. The predicted octanol–water partition coefficient (Wildman–Crippen LogP) is 3.94. The third-order valence-electron chi connectivity index (χ3n) is 5.56. The fourth-order valence-electron chi connectivity index (χ4n) is 4.33. The molecule has 2 heterocycles. The summed E-state index contributed by atoms with van der Waals surface area (Å²) < 4.78 is 70.6. The number of fused-ring (bicyclic) bond motifs is 1. The molecular formula is C22H24F4N2O7. The predicted molar refractivity (Wildman–Crippen MR) is 116 cm³/mol. The molecule has 35 heavy (non-hydrogen) atoms. The zero-order chi connectivity index (χ0) is 25.9. The van der Waals surface area contributed by atoms with Crippen LogP contribution in [0.25, 0.3) is 10.9 Å². The number of rotatable bonds is 7. The van der Waals surface area contributed by atoms with Crippen molar-refractivity contribution in [3.8, 4) is 11.5 Å². The summed E-state index contributed by atoms with van der Waals surface area (Å²) in [5.74, 6) is -2.77. The lowest BCUT2D eigenvalue weighted by Crippen LogP contribution is -2.37. The highest BCUT2D eigenvalue weighted by Crippen LogP contribution is 2.41. The van der Waals surface area contributed by atoms with Gasteiger partial charge in [0.05, 0.1) is 37.2 Å². The van der Waals surface area contributed by atoms with Crippen LogP contribution in [0.2, 0.25) is 0 Å². The van der Waals surface area contributed by atoms with E-state index in [2.05, 4.69) is 4.74 Å². The number of pyridine rings is 1. The van der Waals surface area contributed by atoms with E-state index in [1.807, 2.05) is 0 Å². The van der Waals surface area contributed by atoms with Gasteiger partial charge in [-0.2, -0.15) is 13.2 Å². The number of piperidine rings is 1. The number of methoxy groups -OCH3 is 1. The zero-order valence-corrected chi connectivity index (χ0v) is 19.0. The van der Waals surface area contributed by atoms with Crippen molar-refractivity contribution in [2.45, 2.75) is 38.9 Å². The summed E-state index contributed by atoms with van der Waals surface area (Å²) in [6.45, 7) is 0.816. The quantitative estimate of drug-likeness (QED) is 0.447. The third-order valence-corrected chi connectivity index (χ3v) is 5.56. The number of anilines is 1. The topological polar surface area (TPSA) is 107 Å². The monoisotopic (exact) mass is 504 g/mol. The van der Waals surface area contributed by atoms with Gasteiger partial charge in [-0.1, -0.05) is 0 Å². The Kier molecular flexibility index (Phi) is 7.76. The van der Waals surface area contributed by atoms with Crippen molar-refractivity contribution in [3.63, 3.8) is 0 Å². The van der Waals surface area contributed by atoms with Crippen molar-refractivity contribution in [2.24, 2.45) is 5.92 Å². The first kappa shape index (κ1) is 26.1. The number of ether oxygens (including phenoxy) is 3. The number of carbonyl (C=O) groups excluding carboxylic acids is 1. The van der Waals surface area contributed by atoms with Gasteiger partial charge in [0.2, 0.25) is 5.43 Å².